The Morgan fingerprint density at radius 1 is 0.647 bits per heavy atom. The zero-order valence-corrected chi connectivity index (χ0v) is 22.9. The van der Waals surface area contributed by atoms with Crippen LogP contribution in [0.15, 0.2) is 0 Å². The van der Waals surface area contributed by atoms with Crippen LogP contribution < -0.4 is 0 Å². The van der Waals surface area contributed by atoms with Crippen molar-refractivity contribution in [1.29, 1.82) is 0 Å². The zero-order valence-electron chi connectivity index (χ0n) is 22.9. The highest BCUT2D eigenvalue weighted by Gasteiger charge is 2.18. The summed E-state index contributed by atoms with van der Waals surface area (Å²) in [5.41, 5.74) is -0.482. The molecule has 0 aliphatic carbocycles. The van der Waals surface area contributed by atoms with E-state index in [0.717, 1.165) is 77.4 Å². The third kappa shape index (κ3) is 24.5. The third-order valence-corrected chi connectivity index (χ3v) is 7.04. The first-order valence-electron chi connectivity index (χ1n) is 14.7. The summed E-state index contributed by atoms with van der Waals surface area (Å²) >= 11 is 0. The number of carboxylic acids is 1. The molecule has 0 rings (SSSR count). The lowest BCUT2D eigenvalue weighted by molar-refractivity contribution is -0.137. The van der Waals surface area contributed by atoms with E-state index in [1.165, 1.54) is 70.6 Å². The first-order chi connectivity index (χ1) is 16.4. The maximum atomic E-state index is 10.6. The number of carboxylic acid groups (broad SMARTS) is 1. The van der Waals surface area contributed by atoms with E-state index < -0.39 is 11.6 Å². The van der Waals surface area contributed by atoms with Crippen molar-refractivity contribution in [2.45, 2.75) is 154 Å². The Morgan fingerprint density at radius 2 is 1.06 bits per heavy atom. The van der Waals surface area contributed by atoms with Crippen LogP contribution in [0.25, 0.3) is 0 Å². The summed E-state index contributed by atoms with van der Waals surface area (Å²) in [7, 11) is 0. The van der Waals surface area contributed by atoms with Gasteiger partial charge in [0, 0.05) is 13.0 Å². The predicted octanol–water partition coefficient (Wildman–Crippen LogP) is 7.33. The molecule has 3 N–H and O–H groups in total. The molecule has 0 amide bonds. The molecular formula is C29H59NO4. The molecule has 0 spiro atoms. The Morgan fingerprint density at radius 3 is 1.50 bits per heavy atom. The SMILES string of the molecule is CCCCCCCCCC(C)(O)CCCCCCCCN(CCO)CCCCCCCC(=O)O. The molecule has 0 radical (unpaired) electrons. The highest BCUT2D eigenvalue weighted by Crippen LogP contribution is 2.22. The summed E-state index contributed by atoms with van der Waals surface area (Å²) in [5, 5.41) is 28.6. The molecule has 5 nitrogen and oxygen atoms in total. The van der Waals surface area contributed by atoms with Gasteiger partial charge in [-0.1, -0.05) is 103 Å². The van der Waals surface area contributed by atoms with Crippen molar-refractivity contribution in [2.75, 3.05) is 26.2 Å². The summed E-state index contributed by atoms with van der Waals surface area (Å²) in [5.74, 6) is -0.695. The molecule has 1 atom stereocenters. The van der Waals surface area contributed by atoms with Gasteiger partial charge in [-0.05, 0) is 52.1 Å². The van der Waals surface area contributed by atoms with Gasteiger partial charge in [0.1, 0.15) is 0 Å². The quantitative estimate of drug-likeness (QED) is 0.106. The predicted molar refractivity (Wildman–Crippen MR) is 144 cm³/mol. The van der Waals surface area contributed by atoms with Crippen molar-refractivity contribution in [1.82, 2.24) is 4.90 Å². The van der Waals surface area contributed by atoms with Gasteiger partial charge in [0.2, 0.25) is 0 Å². The molecule has 34 heavy (non-hydrogen) atoms. The number of aliphatic hydroxyl groups excluding tert-OH is 1. The summed E-state index contributed by atoms with van der Waals surface area (Å²) in [6.45, 7) is 7.35. The van der Waals surface area contributed by atoms with Crippen LogP contribution in [0.3, 0.4) is 0 Å². The lowest BCUT2D eigenvalue weighted by Gasteiger charge is -2.23. The molecule has 0 saturated carbocycles. The normalized spacial score (nSPS) is 13.4. The molecule has 0 aliphatic rings. The van der Waals surface area contributed by atoms with Gasteiger partial charge in [-0.25, -0.2) is 0 Å². The van der Waals surface area contributed by atoms with Crippen molar-refractivity contribution < 1.29 is 20.1 Å². The summed E-state index contributed by atoms with van der Waals surface area (Å²) in [6, 6.07) is 0. The molecule has 204 valence electrons. The minimum Gasteiger partial charge on any atom is -0.481 e. The number of nitrogens with zero attached hydrogens (tertiary/aromatic N) is 1. The molecule has 0 aromatic carbocycles. The Hall–Kier alpha value is -0.650. The van der Waals surface area contributed by atoms with Crippen LogP contribution in [0.5, 0.6) is 0 Å². The van der Waals surface area contributed by atoms with Gasteiger partial charge < -0.3 is 20.2 Å². The Labute approximate surface area is 211 Å². The van der Waals surface area contributed by atoms with E-state index in [1.807, 2.05) is 6.92 Å². The van der Waals surface area contributed by atoms with Gasteiger partial charge in [0.25, 0.3) is 0 Å². The number of aliphatic hydroxyl groups is 2. The molecule has 0 aromatic rings. The van der Waals surface area contributed by atoms with Gasteiger partial charge in [0.05, 0.1) is 12.2 Å². The monoisotopic (exact) mass is 485 g/mol. The maximum Gasteiger partial charge on any atom is 0.303 e. The van der Waals surface area contributed by atoms with E-state index in [-0.39, 0.29) is 13.0 Å². The van der Waals surface area contributed by atoms with Crippen LogP contribution in [0.1, 0.15) is 149 Å². The van der Waals surface area contributed by atoms with Crippen LogP contribution >= 0.6 is 0 Å². The van der Waals surface area contributed by atoms with Crippen LogP contribution in [0.2, 0.25) is 0 Å². The molecule has 0 heterocycles. The van der Waals surface area contributed by atoms with Crippen molar-refractivity contribution in [3.63, 3.8) is 0 Å². The van der Waals surface area contributed by atoms with E-state index in [0.29, 0.717) is 0 Å². The van der Waals surface area contributed by atoms with Crippen molar-refractivity contribution >= 4 is 5.97 Å². The lowest BCUT2D eigenvalue weighted by Crippen LogP contribution is -2.29. The lowest BCUT2D eigenvalue weighted by atomic mass is 9.91. The smallest absolute Gasteiger partial charge is 0.303 e. The molecule has 0 aliphatic heterocycles. The highest BCUT2D eigenvalue weighted by atomic mass is 16.4. The Kier molecular flexibility index (Phi) is 23.6. The van der Waals surface area contributed by atoms with Gasteiger partial charge in [-0.2, -0.15) is 0 Å². The fourth-order valence-corrected chi connectivity index (χ4v) is 4.76. The Bertz CT molecular complexity index is 442. The average molecular weight is 486 g/mol. The van der Waals surface area contributed by atoms with Crippen LogP contribution in [0, 0.1) is 0 Å². The number of hydrogen-bond acceptors (Lipinski definition) is 4. The highest BCUT2D eigenvalue weighted by molar-refractivity contribution is 5.66. The van der Waals surface area contributed by atoms with Crippen molar-refractivity contribution in [2.24, 2.45) is 0 Å². The molecule has 5 heteroatoms. The number of rotatable bonds is 27. The summed E-state index contributed by atoms with van der Waals surface area (Å²) in [4.78, 5) is 12.9. The fourth-order valence-electron chi connectivity index (χ4n) is 4.76. The molecule has 0 saturated heterocycles. The zero-order chi connectivity index (χ0) is 25.3. The molecule has 0 fully saturated rings. The molecule has 0 aromatic heterocycles. The van der Waals surface area contributed by atoms with E-state index in [1.54, 1.807) is 0 Å². The van der Waals surface area contributed by atoms with E-state index >= 15 is 0 Å². The topological polar surface area (TPSA) is 81.0 Å². The minimum atomic E-state index is -0.695. The van der Waals surface area contributed by atoms with Crippen LogP contribution in [-0.4, -0.2) is 58.0 Å². The van der Waals surface area contributed by atoms with Gasteiger partial charge in [-0.3, -0.25) is 4.79 Å². The van der Waals surface area contributed by atoms with Crippen molar-refractivity contribution in [3.05, 3.63) is 0 Å². The second-order valence-electron chi connectivity index (χ2n) is 10.7. The van der Waals surface area contributed by atoms with E-state index in [4.69, 9.17) is 5.11 Å². The number of hydrogen-bond donors (Lipinski definition) is 3. The number of unbranched alkanes of at least 4 members (excludes halogenated alkanes) is 15. The third-order valence-electron chi connectivity index (χ3n) is 7.04. The first kappa shape index (κ1) is 33.4. The number of carbonyl (C=O) groups is 1. The summed E-state index contributed by atoms with van der Waals surface area (Å²) in [6.07, 6.45) is 23.7. The second-order valence-corrected chi connectivity index (χ2v) is 10.7. The largest absolute Gasteiger partial charge is 0.481 e. The van der Waals surface area contributed by atoms with Crippen LogP contribution in [-0.2, 0) is 4.79 Å². The molecular weight excluding hydrogens is 426 g/mol. The van der Waals surface area contributed by atoms with E-state index in [2.05, 4.69) is 11.8 Å². The van der Waals surface area contributed by atoms with Gasteiger partial charge in [0.15, 0.2) is 0 Å². The van der Waals surface area contributed by atoms with Gasteiger partial charge in [-0.15, -0.1) is 0 Å². The maximum absolute atomic E-state index is 10.6. The van der Waals surface area contributed by atoms with Crippen LogP contribution in [0.4, 0.5) is 0 Å². The molecule has 1 unspecified atom stereocenters. The number of aliphatic carboxylic acids is 1. The van der Waals surface area contributed by atoms with Gasteiger partial charge >= 0.3 is 5.97 Å². The second kappa shape index (κ2) is 24.1. The fraction of sp³-hybridized carbons (Fsp3) is 0.966. The first-order valence-corrected chi connectivity index (χ1v) is 14.7. The van der Waals surface area contributed by atoms with Crippen molar-refractivity contribution in [3.8, 4) is 0 Å². The Balaban J connectivity index is 3.61. The summed E-state index contributed by atoms with van der Waals surface area (Å²) < 4.78 is 0. The minimum absolute atomic E-state index is 0.220. The average Bonchev–Trinajstić information content (AvgIpc) is 2.79. The van der Waals surface area contributed by atoms with E-state index in [9.17, 15) is 15.0 Å². The standard InChI is InChI=1S/C29H59NO4/c1-3-4-5-6-7-12-17-22-29(2,34)23-18-13-8-9-14-19-24-30(26-27-31)25-20-15-10-11-16-21-28(32)33/h31,34H,3-27H2,1-2H3,(H,32,33). The molecule has 0 bridgehead atoms.